The molecule has 0 aliphatic heterocycles. The van der Waals surface area contributed by atoms with E-state index in [0.29, 0.717) is 17.1 Å². The van der Waals surface area contributed by atoms with Crippen LogP contribution in [0.1, 0.15) is 29.8 Å². The lowest BCUT2D eigenvalue weighted by molar-refractivity contribution is 0.102. The first-order valence-corrected chi connectivity index (χ1v) is 6.71. The van der Waals surface area contributed by atoms with Gasteiger partial charge in [-0.05, 0) is 50.2 Å². The van der Waals surface area contributed by atoms with Crippen LogP contribution in [-0.4, -0.2) is 22.8 Å². The molecule has 2 aromatic rings. The Hall–Kier alpha value is -2.69. The topological polar surface area (TPSA) is 80.4 Å². The maximum Gasteiger partial charge on any atom is 0.257 e. The van der Waals surface area contributed by atoms with Crippen LogP contribution < -0.4 is 11.1 Å². The van der Waals surface area contributed by atoms with Gasteiger partial charge in [0.25, 0.3) is 5.91 Å². The van der Waals surface area contributed by atoms with E-state index in [2.05, 4.69) is 15.3 Å². The lowest BCUT2D eigenvalue weighted by Gasteiger charge is -2.07. The first-order chi connectivity index (χ1) is 10.1. The number of benzene rings is 1. The molecule has 0 saturated heterocycles. The molecule has 0 spiro atoms. The molecule has 3 N–H and O–H groups in total. The summed E-state index contributed by atoms with van der Waals surface area (Å²) in [5, 5.41) is 2.81. The molecule has 5 nitrogen and oxygen atoms in total. The fraction of sp³-hybridized carbons (Fsp3) is 0.188. The molecule has 5 heteroatoms. The van der Waals surface area contributed by atoms with Crippen molar-refractivity contribution in [1.82, 2.24) is 4.98 Å². The highest BCUT2D eigenvalue weighted by Crippen LogP contribution is 2.11. The largest absolute Gasteiger partial charge is 0.383 e. The van der Waals surface area contributed by atoms with Gasteiger partial charge in [0.2, 0.25) is 0 Å². The van der Waals surface area contributed by atoms with Gasteiger partial charge >= 0.3 is 0 Å². The molecule has 21 heavy (non-hydrogen) atoms. The number of carbonyl (C=O) groups is 1. The minimum absolute atomic E-state index is 0.148. The molecule has 2 rings (SSSR count). The zero-order valence-corrected chi connectivity index (χ0v) is 12.1. The third-order valence-corrected chi connectivity index (χ3v) is 2.76. The molecule has 0 atom stereocenters. The van der Waals surface area contributed by atoms with Crippen molar-refractivity contribution in [3.63, 3.8) is 0 Å². The van der Waals surface area contributed by atoms with Crippen LogP contribution >= 0.6 is 0 Å². The quantitative estimate of drug-likeness (QED) is 0.667. The van der Waals surface area contributed by atoms with E-state index in [1.54, 1.807) is 30.5 Å². The minimum atomic E-state index is -0.195. The smallest absolute Gasteiger partial charge is 0.257 e. The van der Waals surface area contributed by atoms with E-state index in [9.17, 15) is 4.79 Å². The van der Waals surface area contributed by atoms with Crippen LogP contribution in [0.5, 0.6) is 0 Å². The number of amides is 1. The monoisotopic (exact) mass is 282 g/mol. The van der Waals surface area contributed by atoms with Gasteiger partial charge in [0.1, 0.15) is 5.84 Å². The average Bonchev–Trinajstić information content (AvgIpc) is 2.48. The van der Waals surface area contributed by atoms with Crippen molar-refractivity contribution >= 4 is 17.4 Å². The number of pyridine rings is 1. The predicted molar refractivity (Wildman–Crippen MR) is 84.5 cm³/mol. The SMILES string of the molecule is CC(C)N=C(N)c1ccc(NC(=O)c2cccnc2)cc1. The zero-order chi connectivity index (χ0) is 15.2. The van der Waals surface area contributed by atoms with Crippen LogP contribution in [0.4, 0.5) is 5.69 Å². The third kappa shape index (κ3) is 4.14. The summed E-state index contributed by atoms with van der Waals surface area (Å²) in [5.74, 6) is 0.301. The van der Waals surface area contributed by atoms with E-state index in [1.165, 1.54) is 6.20 Å². The third-order valence-electron chi connectivity index (χ3n) is 2.76. The second-order valence-corrected chi connectivity index (χ2v) is 4.88. The number of aliphatic imine (C=N–C) groups is 1. The first-order valence-electron chi connectivity index (χ1n) is 6.71. The molecule has 0 aliphatic carbocycles. The van der Waals surface area contributed by atoms with Crippen molar-refractivity contribution in [2.45, 2.75) is 19.9 Å². The molecule has 0 unspecified atom stereocenters. The normalized spacial score (nSPS) is 11.5. The van der Waals surface area contributed by atoms with Gasteiger partial charge in [0, 0.05) is 29.7 Å². The summed E-state index contributed by atoms with van der Waals surface area (Å²) < 4.78 is 0. The summed E-state index contributed by atoms with van der Waals surface area (Å²) in [5.41, 5.74) is 7.94. The lowest BCUT2D eigenvalue weighted by atomic mass is 10.2. The number of aromatic nitrogens is 1. The number of anilines is 1. The van der Waals surface area contributed by atoms with Crippen LogP contribution in [-0.2, 0) is 0 Å². The molecule has 0 fully saturated rings. The van der Waals surface area contributed by atoms with Gasteiger partial charge in [-0.15, -0.1) is 0 Å². The molecule has 0 radical (unpaired) electrons. The Kier molecular flexibility index (Phi) is 4.66. The number of nitrogens with two attached hydrogens (primary N) is 1. The maximum absolute atomic E-state index is 12.0. The number of hydrogen-bond acceptors (Lipinski definition) is 3. The van der Waals surface area contributed by atoms with Crippen molar-refractivity contribution in [2.75, 3.05) is 5.32 Å². The Bertz CT molecular complexity index is 633. The van der Waals surface area contributed by atoms with Crippen LogP contribution in [0.2, 0.25) is 0 Å². The molecular weight excluding hydrogens is 264 g/mol. The fourth-order valence-corrected chi connectivity index (χ4v) is 1.78. The first kappa shape index (κ1) is 14.7. The number of nitrogens with one attached hydrogen (secondary N) is 1. The van der Waals surface area contributed by atoms with Crippen LogP contribution in [0.15, 0.2) is 53.8 Å². The molecule has 1 heterocycles. The predicted octanol–water partition coefficient (Wildman–Crippen LogP) is 2.45. The average molecular weight is 282 g/mol. The Morgan fingerprint density at radius 1 is 1.19 bits per heavy atom. The van der Waals surface area contributed by atoms with Crippen LogP contribution in [0, 0.1) is 0 Å². The van der Waals surface area contributed by atoms with E-state index in [0.717, 1.165) is 5.56 Å². The molecule has 1 aromatic heterocycles. The van der Waals surface area contributed by atoms with E-state index in [-0.39, 0.29) is 11.9 Å². The second-order valence-electron chi connectivity index (χ2n) is 4.88. The highest BCUT2D eigenvalue weighted by molar-refractivity contribution is 6.04. The molecule has 0 saturated carbocycles. The number of nitrogens with zero attached hydrogens (tertiary/aromatic N) is 2. The zero-order valence-electron chi connectivity index (χ0n) is 12.1. The van der Waals surface area contributed by atoms with Crippen molar-refractivity contribution in [3.05, 3.63) is 59.9 Å². The summed E-state index contributed by atoms with van der Waals surface area (Å²) in [4.78, 5) is 20.2. The van der Waals surface area contributed by atoms with E-state index >= 15 is 0 Å². The van der Waals surface area contributed by atoms with Gasteiger partial charge < -0.3 is 11.1 Å². The summed E-state index contributed by atoms with van der Waals surface area (Å²) >= 11 is 0. The summed E-state index contributed by atoms with van der Waals surface area (Å²) in [6.07, 6.45) is 3.15. The second kappa shape index (κ2) is 6.65. The highest BCUT2D eigenvalue weighted by Gasteiger charge is 2.06. The summed E-state index contributed by atoms with van der Waals surface area (Å²) in [7, 11) is 0. The van der Waals surface area contributed by atoms with Gasteiger partial charge in [-0.3, -0.25) is 14.8 Å². The number of amidine groups is 1. The standard InChI is InChI=1S/C16H18N4O/c1-11(2)19-15(17)12-5-7-14(8-6-12)20-16(21)13-4-3-9-18-10-13/h3-11H,1-2H3,(H2,17,19)(H,20,21). The summed E-state index contributed by atoms with van der Waals surface area (Å²) in [6.45, 7) is 3.94. The maximum atomic E-state index is 12.0. The Balaban J connectivity index is 2.08. The van der Waals surface area contributed by atoms with Crippen LogP contribution in [0.3, 0.4) is 0 Å². The molecule has 108 valence electrons. The van der Waals surface area contributed by atoms with E-state index in [1.807, 2.05) is 26.0 Å². The van der Waals surface area contributed by atoms with Gasteiger partial charge in [0.15, 0.2) is 0 Å². The molecule has 1 amide bonds. The van der Waals surface area contributed by atoms with Gasteiger partial charge in [-0.1, -0.05) is 0 Å². The summed E-state index contributed by atoms with van der Waals surface area (Å²) in [6, 6.07) is 10.8. The lowest BCUT2D eigenvalue weighted by Crippen LogP contribution is -2.16. The van der Waals surface area contributed by atoms with Crippen LogP contribution in [0.25, 0.3) is 0 Å². The van der Waals surface area contributed by atoms with E-state index in [4.69, 9.17) is 5.73 Å². The Morgan fingerprint density at radius 2 is 1.90 bits per heavy atom. The van der Waals surface area contributed by atoms with Crippen molar-refractivity contribution in [1.29, 1.82) is 0 Å². The fourth-order valence-electron chi connectivity index (χ4n) is 1.78. The van der Waals surface area contributed by atoms with Crippen molar-refractivity contribution in [3.8, 4) is 0 Å². The van der Waals surface area contributed by atoms with Gasteiger partial charge in [-0.25, -0.2) is 0 Å². The molecular formula is C16H18N4O. The Morgan fingerprint density at radius 3 is 2.48 bits per heavy atom. The van der Waals surface area contributed by atoms with Crippen molar-refractivity contribution in [2.24, 2.45) is 10.7 Å². The van der Waals surface area contributed by atoms with Gasteiger partial charge in [-0.2, -0.15) is 0 Å². The highest BCUT2D eigenvalue weighted by atomic mass is 16.1. The van der Waals surface area contributed by atoms with E-state index < -0.39 is 0 Å². The molecule has 0 aliphatic rings. The number of carbonyl (C=O) groups excluding carboxylic acids is 1. The molecule has 0 bridgehead atoms. The Labute approximate surface area is 123 Å². The molecule has 1 aromatic carbocycles. The number of rotatable bonds is 4. The number of hydrogen-bond donors (Lipinski definition) is 2. The van der Waals surface area contributed by atoms with Gasteiger partial charge in [0.05, 0.1) is 5.56 Å². The van der Waals surface area contributed by atoms with Crippen molar-refractivity contribution < 1.29 is 4.79 Å². The minimum Gasteiger partial charge on any atom is -0.383 e.